The fraction of sp³-hybridized carbons (Fsp3) is 0.526. The van der Waals surface area contributed by atoms with Gasteiger partial charge in [0.15, 0.2) is 0 Å². The molecule has 0 aliphatic heterocycles. The Balaban J connectivity index is 2.28. The highest BCUT2D eigenvalue weighted by molar-refractivity contribution is 5.81. The van der Waals surface area contributed by atoms with E-state index in [4.69, 9.17) is 4.74 Å². The number of amides is 1. The summed E-state index contributed by atoms with van der Waals surface area (Å²) in [6.07, 6.45) is 5.99. The van der Waals surface area contributed by atoms with E-state index in [2.05, 4.69) is 24.1 Å². The van der Waals surface area contributed by atoms with Gasteiger partial charge in [-0.25, -0.2) is 0 Å². The van der Waals surface area contributed by atoms with E-state index in [-0.39, 0.29) is 12.5 Å². The van der Waals surface area contributed by atoms with Crippen LogP contribution in [0.4, 0.5) is 5.69 Å². The fourth-order valence-corrected chi connectivity index (χ4v) is 2.13. The Bertz CT molecular complexity index is 486. The molecule has 1 aromatic carbocycles. The number of unbranched alkanes of at least 4 members (excludes halogenated alkanes) is 4. The SMILES string of the molecule is C=C(C)COc1ccccc1NCC(=O)NCCCCCCC. The monoisotopic (exact) mass is 318 g/mol. The van der Waals surface area contributed by atoms with Crippen molar-refractivity contribution in [1.82, 2.24) is 5.32 Å². The van der Waals surface area contributed by atoms with Gasteiger partial charge in [0.1, 0.15) is 12.4 Å². The highest BCUT2D eigenvalue weighted by atomic mass is 16.5. The zero-order valence-corrected chi connectivity index (χ0v) is 14.5. The van der Waals surface area contributed by atoms with Crippen LogP contribution in [0.15, 0.2) is 36.4 Å². The second-order valence-corrected chi connectivity index (χ2v) is 5.86. The van der Waals surface area contributed by atoms with Gasteiger partial charge in [-0.15, -0.1) is 0 Å². The van der Waals surface area contributed by atoms with Crippen LogP contribution in [-0.2, 0) is 4.79 Å². The minimum atomic E-state index is 0.00944. The van der Waals surface area contributed by atoms with Gasteiger partial charge >= 0.3 is 0 Å². The Morgan fingerprint density at radius 1 is 1.17 bits per heavy atom. The zero-order chi connectivity index (χ0) is 16.9. The number of hydrogen-bond donors (Lipinski definition) is 2. The molecule has 0 bridgehead atoms. The highest BCUT2D eigenvalue weighted by Gasteiger charge is 2.05. The Morgan fingerprint density at radius 2 is 1.91 bits per heavy atom. The predicted octanol–water partition coefficient (Wildman–Crippen LogP) is 4.14. The topological polar surface area (TPSA) is 50.4 Å². The van der Waals surface area contributed by atoms with Crippen molar-refractivity contribution in [3.63, 3.8) is 0 Å². The standard InChI is InChI=1S/C19H30N2O2/c1-4-5-6-7-10-13-20-19(22)14-21-17-11-8-9-12-18(17)23-15-16(2)3/h8-9,11-12,21H,2,4-7,10,13-15H2,1,3H3,(H,20,22). The Kier molecular flexibility index (Phi) is 9.60. The first kappa shape index (κ1) is 19.1. The third-order valence-corrected chi connectivity index (χ3v) is 3.40. The summed E-state index contributed by atoms with van der Waals surface area (Å²) in [5.41, 5.74) is 1.78. The van der Waals surface area contributed by atoms with Gasteiger partial charge < -0.3 is 15.4 Å². The molecule has 1 aromatic rings. The van der Waals surface area contributed by atoms with Gasteiger partial charge in [-0.1, -0.05) is 51.3 Å². The molecule has 4 heteroatoms. The number of benzene rings is 1. The molecule has 0 fully saturated rings. The quantitative estimate of drug-likeness (QED) is 0.450. The number of para-hydroxylation sites is 2. The second-order valence-electron chi connectivity index (χ2n) is 5.86. The van der Waals surface area contributed by atoms with E-state index in [1.165, 1.54) is 25.7 Å². The number of anilines is 1. The lowest BCUT2D eigenvalue weighted by molar-refractivity contribution is -0.119. The number of carbonyl (C=O) groups excluding carboxylic acids is 1. The van der Waals surface area contributed by atoms with E-state index < -0.39 is 0 Å². The lowest BCUT2D eigenvalue weighted by Crippen LogP contribution is -2.30. The highest BCUT2D eigenvalue weighted by Crippen LogP contribution is 2.23. The first-order valence-corrected chi connectivity index (χ1v) is 8.50. The van der Waals surface area contributed by atoms with Crippen molar-refractivity contribution in [1.29, 1.82) is 0 Å². The minimum absolute atomic E-state index is 0.00944. The summed E-state index contributed by atoms with van der Waals surface area (Å²) in [6.45, 7) is 9.42. The second kappa shape index (κ2) is 11.6. The number of carbonyl (C=O) groups is 1. The van der Waals surface area contributed by atoms with Crippen LogP contribution in [0.2, 0.25) is 0 Å². The van der Waals surface area contributed by atoms with E-state index in [0.717, 1.165) is 30.0 Å². The average Bonchev–Trinajstić information content (AvgIpc) is 2.55. The molecule has 0 spiro atoms. The van der Waals surface area contributed by atoms with Crippen molar-refractivity contribution >= 4 is 11.6 Å². The fourth-order valence-electron chi connectivity index (χ4n) is 2.13. The molecular formula is C19H30N2O2. The molecule has 128 valence electrons. The van der Waals surface area contributed by atoms with Gasteiger partial charge in [0, 0.05) is 6.54 Å². The van der Waals surface area contributed by atoms with E-state index in [9.17, 15) is 4.79 Å². The third kappa shape index (κ3) is 8.91. The van der Waals surface area contributed by atoms with Crippen molar-refractivity contribution in [2.24, 2.45) is 0 Å². The predicted molar refractivity (Wildman–Crippen MR) is 97.0 cm³/mol. The van der Waals surface area contributed by atoms with E-state index in [0.29, 0.717) is 6.61 Å². The van der Waals surface area contributed by atoms with Crippen molar-refractivity contribution in [2.45, 2.75) is 46.0 Å². The third-order valence-electron chi connectivity index (χ3n) is 3.40. The van der Waals surface area contributed by atoms with Crippen molar-refractivity contribution in [3.8, 4) is 5.75 Å². The van der Waals surface area contributed by atoms with Gasteiger partial charge in [-0.2, -0.15) is 0 Å². The molecule has 0 saturated carbocycles. The largest absolute Gasteiger partial charge is 0.487 e. The Morgan fingerprint density at radius 3 is 2.65 bits per heavy atom. The number of ether oxygens (including phenoxy) is 1. The average molecular weight is 318 g/mol. The van der Waals surface area contributed by atoms with Gasteiger partial charge in [-0.3, -0.25) is 4.79 Å². The first-order chi connectivity index (χ1) is 11.1. The Labute approximate surface area is 140 Å². The molecule has 23 heavy (non-hydrogen) atoms. The first-order valence-electron chi connectivity index (χ1n) is 8.50. The summed E-state index contributed by atoms with van der Waals surface area (Å²) in [6, 6.07) is 7.62. The molecule has 2 N–H and O–H groups in total. The van der Waals surface area contributed by atoms with E-state index in [1.54, 1.807) is 0 Å². The molecule has 0 atom stereocenters. The summed E-state index contributed by atoms with van der Waals surface area (Å²) >= 11 is 0. The summed E-state index contributed by atoms with van der Waals surface area (Å²) in [5, 5.41) is 6.07. The normalized spacial score (nSPS) is 10.2. The van der Waals surface area contributed by atoms with Crippen molar-refractivity contribution in [2.75, 3.05) is 25.0 Å². The molecule has 0 radical (unpaired) electrons. The summed E-state index contributed by atoms with van der Waals surface area (Å²) in [5.74, 6) is 0.748. The maximum absolute atomic E-state index is 11.9. The number of rotatable bonds is 12. The maximum Gasteiger partial charge on any atom is 0.239 e. The molecular weight excluding hydrogens is 288 g/mol. The molecule has 0 aromatic heterocycles. The molecule has 0 heterocycles. The molecule has 4 nitrogen and oxygen atoms in total. The van der Waals surface area contributed by atoms with Crippen LogP contribution in [0.3, 0.4) is 0 Å². The molecule has 1 rings (SSSR count). The summed E-state index contributed by atoms with van der Waals surface area (Å²) < 4.78 is 5.67. The van der Waals surface area contributed by atoms with E-state index >= 15 is 0 Å². The summed E-state index contributed by atoms with van der Waals surface area (Å²) in [4.78, 5) is 11.9. The molecule has 0 unspecified atom stereocenters. The Hall–Kier alpha value is -1.97. The van der Waals surface area contributed by atoms with Gasteiger partial charge in [0.2, 0.25) is 5.91 Å². The van der Waals surface area contributed by atoms with Crippen molar-refractivity contribution < 1.29 is 9.53 Å². The smallest absolute Gasteiger partial charge is 0.239 e. The van der Waals surface area contributed by atoms with Crippen LogP contribution in [0.5, 0.6) is 5.75 Å². The van der Waals surface area contributed by atoms with Crippen LogP contribution < -0.4 is 15.4 Å². The van der Waals surface area contributed by atoms with Crippen LogP contribution >= 0.6 is 0 Å². The molecule has 1 amide bonds. The minimum Gasteiger partial charge on any atom is -0.487 e. The van der Waals surface area contributed by atoms with Crippen molar-refractivity contribution in [3.05, 3.63) is 36.4 Å². The number of nitrogens with one attached hydrogen (secondary N) is 2. The van der Waals surface area contributed by atoms with Crippen LogP contribution in [0.1, 0.15) is 46.0 Å². The van der Waals surface area contributed by atoms with Crippen LogP contribution in [0.25, 0.3) is 0 Å². The van der Waals surface area contributed by atoms with Gasteiger partial charge in [0.25, 0.3) is 0 Å². The molecule has 0 saturated heterocycles. The maximum atomic E-state index is 11.9. The summed E-state index contributed by atoms with van der Waals surface area (Å²) in [7, 11) is 0. The zero-order valence-electron chi connectivity index (χ0n) is 14.5. The van der Waals surface area contributed by atoms with E-state index in [1.807, 2.05) is 31.2 Å². The van der Waals surface area contributed by atoms with Crippen LogP contribution in [-0.4, -0.2) is 25.6 Å². The van der Waals surface area contributed by atoms with Crippen LogP contribution in [0, 0.1) is 0 Å². The molecule has 0 aliphatic rings. The number of hydrogen-bond acceptors (Lipinski definition) is 3. The van der Waals surface area contributed by atoms with Gasteiger partial charge in [-0.05, 0) is 31.1 Å². The molecule has 0 aliphatic carbocycles. The lowest BCUT2D eigenvalue weighted by atomic mass is 10.1. The lowest BCUT2D eigenvalue weighted by Gasteiger charge is -2.13. The van der Waals surface area contributed by atoms with Gasteiger partial charge in [0.05, 0.1) is 12.2 Å².